The maximum atomic E-state index is 12.0. The Morgan fingerprint density at radius 1 is 0.962 bits per heavy atom. The molecule has 0 atom stereocenters. The van der Waals surface area contributed by atoms with Gasteiger partial charge in [-0.1, -0.05) is 23.7 Å². The number of rotatable bonds is 11. The summed E-state index contributed by atoms with van der Waals surface area (Å²) >= 11 is 5.84. The summed E-state index contributed by atoms with van der Waals surface area (Å²) in [5.74, 6) is 0.525. The van der Waals surface area contributed by atoms with Crippen LogP contribution in [-0.2, 0) is 26.1 Å². The van der Waals surface area contributed by atoms with Gasteiger partial charge in [0.05, 0.1) is 25.6 Å². The Balaban J connectivity index is 1.79. The van der Waals surface area contributed by atoms with Crippen LogP contribution in [-0.4, -0.2) is 41.1 Å². The van der Waals surface area contributed by atoms with Crippen molar-refractivity contribution in [1.29, 1.82) is 0 Å². The van der Waals surface area contributed by atoms with Crippen molar-refractivity contribution in [2.75, 3.05) is 37.4 Å². The second kappa shape index (κ2) is 10.4. The van der Waals surface area contributed by atoms with E-state index in [2.05, 4.69) is 4.72 Å². The Bertz CT molecular complexity index is 763. The van der Waals surface area contributed by atoms with Crippen LogP contribution >= 0.6 is 11.6 Å². The average molecular weight is 400 g/mol. The summed E-state index contributed by atoms with van der Waals surface area (Å²) in [6, 6.07) is 14.1. The molecule has 0 saturated heterocycles. The highest BCUT2D eigenvalue weighted by Gasteiger charge is 2.10. The van der Waals surface area contributed by atoms with Gasteiger partial charge in [-0.3, -0.25) is 4.72 Å². The third-order valence-corrected chi connectivity index (χ3v) is 4.88. The summed E-state index contributed by atoms with van der Waals surface area (Å²) in [5, 5.41) is 0.675. The molecule has 0 unspecified atom stereocenters. The minimum atomic E-state index is -3.46. The first-order chi connectivity index (χ1) is 12.5. The first kappa shape index (κ1) is 20.5. The Kier molecular flexibility index (Phi) is 8.18. The molecule has 0 saturated carbocycles. The summed E-state index contributed by atoms with van der Waals surface area (Å²) in [6.07, 6.45) is 0. The van der Waals surface area contributed by atoms with E-state index >= 15 is 0 Å². The van der Waals surface area contributed by atoms with E-state index in [4.69, 9.17) is 25.8 Å². The minimum Gasteiger partial charge on any atom is -0.489 e. The SMILES string of the molecule is COCCOCCS(=O)(=O)Nc1ccc(OCc2ccc(Cl)cc2)cc1. The summed E-state index contributed by atoms with van der Waals surface area (Å²) in [6.45, 7) is 1.32. The molecule has 0 amide bonds. The van der Waals surface area contributed by atoms with Gasteiger partial charge in [0.15, 0.2) is 0 Å². The van der Waals surface area contributed by atoms with Crippen molar-refractivity contribution in [3.05, 3.63) is 59.1 Å². The van der Waals surface area contributed by atoms with E-state index in [9.17, 15) is 8.42 Å². The highest BCUT2D eigenvalue weighted by molar-refractivity contribution is 7.92. The quantitative estimate of drug-likeness (QED) is 0.587. The molecule has 0 radical (unpaired) electrons. The van der Waals surface area contributed by atoms with Gasteiger partial charge in [0, 0.05) is 17.8 Å². The van der Waals surface area contributed by atoms with Crippen LogP contribution < -0.4 is 9.46 Å². The minimum absolute atomic E-state index is 0.112. The van der Waals surface area contributed by atoms with E-state index in [0.29, 0.717) is 36.3 Å². The Morgan fingerprint density at radius 2 is 1.65 bits per heavy atom. The topological polar surface area (TPSA) is 73.9 Å². The van der Waals surface area contributed by atoms with Gasteiger partial charge in [-0.15, -0.1) is 0 Å². The monoisotopic (exact) mass is 399 g/mol. The summed E-state index contributed by atoms with van der Waals surface area (Å²) in [4.78, 5) is 0. The number of anilines is 1. The fourth-order valence-corrected chi connectivity index (χ4v) is 3.07. The highest BCUT2D eigenvalue weighted by atomic mass is 35.5. The zero-order valence-electron chi connectivity index (χ0n) is 14.5. The molecule has 8 heteroatoms. The van der Waals surface area contributed by atoms with E-state index in [1.165, 1.54) is 0 Å². The van der Waals surface area contributed by atoms with Crippen LogP contribution in [0.4, 0.5) is 5.69 Å². The largest absolute Gasteiger partial charge is 0.489 e. The molecule has 0 aromatic heterocycles. The number of nitrogens with one attached hydrogen (secondary N) is 1. The number of hydrogen-bond acceptors (Lipinski definition) is 5. The highest BCUT2D eigenvalue weighted by Crippen LogP contribution is 2.18. The molecule has 0 heterocycles. The Hall–Kier alpha value is -1.80. The number of methoxy groups -OCH3 is 1. The van der Waals surface area contributed by atoms with E-state index in [-0.39, 0.29) is 12.4 Å². The van der Waals surface area contributed by atoms with Gasteiger partial charge < -0.3 is 14.2 Å². The number of hydrogen-bond donors (Lipinski definition) is 1. The van der Waals surface area contributed by atoms with E-state index in [1.54, 1.807) is 43.5 Å². The third kappa shape index (κ3) is 7.61. The van der Waals surface area contributed by atoms with Crippen LogP contribution in [0, 0.1) is 0 Å². The zero-order valence-corrected chi connectivity index (χ0v) is 16.1. The van der Waals surface area contributed by atoms with Crippen molar-refractivity contribution in [3.8, 4) is 5.75 Å². The second-order valence-corrected chi connectivity index (χ2v) is 7.74. The lowest BCUT2D eigenvalue weighted by molar-refractivity contribution is 0.0785. The number of sulfonamides is 1. The molecule has 2 aromatic rings. The van der Waals surface area contributed by atoms with Gasteiger partial charge in [0.2, 0.25) is 10.0 Å². The normalized spacial score (nSPS) is 11.3. The lowest BCUT2D eigenvalue weighted by Gasteiger charge is -2.10. The molecular weight excluding hydrogens is 378 g/mol. The van der Waals surface area contributed by atoms with Crippen LogP contribution in [0.1, 0.15) is 5.56 Å². The van der Waals surface area contributed by atoms with Crippen molar-refractivity contribution in [2.45, 2.75) is 6.61 Å². The first-order valence-corrected chi connectivity index (χ1v) is 10.1. The van der Waals surface area contributed by atoms with Gasteiger partial charge in [0.25, 0.3) is 0 Å². The molecule has 0 aliphatic heterocycles. The van der Waals surface area contributed by atoms with Crippen molar-refractivity contribution in [1.82, 2.24) is 0 Å². The van der Waals surface area contributed by atoms with Gasteiger partial charge in [0.1, 0.15) is 12.4 Å². The van der Waals surface area contributed by atoms with Crippen molar-refractivity contribution in [3.63, 3.8) is 0 Å². The van der Waals surface area contributed by atoms with Crippen LogP contribution in [0.5, 0.6) is 5.75 Å². The summed E-state index contributed by atoms with van der Waals surface area (Å²) in [5.41, 5.74) is 1.47. The lowest BCUT2D eigenvalue weighted by atomic mass is 10.2. The molecule has 1 N–H and O–H groups in total. The molecular formula is C18H22ClNO5S. The molecule has 0 fully saturated rings. The van der Waals surface area contributed by atoms with Crippen LogP contribution in [0.25, 0.3) is 0 Å². The molecule has 0 aliphatic carbocycles. The predicted molar refractivity (Wildman–Crippen MR) is 102 cm³/mol. The van der Waals surface area contributed by atoms with Crippen LogP contribution in [0.2, 0.25) is 5.02 Å². The van der Waals surface area contributed by atoms with Gasteiger partial charge in [-0.2, -0.15) is 0 Å². The van der Waals surface area contributed by atoms with Crippen LogP contribution in [0.3, 0.4) is 0 Å². The smallest absolute Gasteiger partial charge is 0.234 e. The third-order valence-electron chi connectivity index (χ3n) is 3.37. The summed E-state index contributed by atoms with van der Waals surface area (Å²) < 4.78 is 42.2. The number of halogens is 1. The maximum absolute atomic E-state index is 12.0. The average Bonchev–Trinajstić information content (AvgIpc) is 2.62. The molecule has 142 valence electrons. The van der Waals surface area contributed by atoms with Gasteiger partial charge >= 0.3 is 0 Å². The predicted octanol–water partition coefficient (Wildman–Crippen LogP) is 3.32. The van der Waals surface area contributed by atoms with Crippen molar-refractivity contribution >= 4 is 27.3 Å². The lowest BCUT2D eigenvalue weighted by Crippen LogP contribution is -2.20. The van der Waals surface area contributed by atoms with Gasteiger partial charge in [-0.05, 0) is 42.0 Å². The van der Waals surface area contributed by atoms with E-state index < -0.39 is 10.0 Å². The van der Waals surface area contributed by atoms with Crippen molar-refractivity contribution in [2.24, 2.45) is 0 Å². The fourth-order valence-electron chi connectivity index (χ4n) is 2.01. The van der Waals surface area contributed by atoms with Gasteiger partial charge in [-0.25, -0.2) is 8.42 Å². The Morgan fingerprint density at radius 3 is 2.31 bits per heavy atom. The summed E-state index contributed by atoms with van der Waals surface area (Å²) in [7, 11) is -1.90. The molecule has 0 bridgehead atoms. The fraction of sp³-hybridized carbons (Fsp3) is 0.333. The number of ether oxygens (including phenoxy) is 3. The standard InChI is InChI=1S/C18H22ClNO5S/c1-23-10-11-24-12-13-26(21,22)20-17-6-8-18(9-7-17)25-14-15-2-4-16(19)5-3-15/h2-9,20H,10-14H2,1H3. The molecule has 0 aliphatic rings. The van der Waals surface area contributed by atoms with Crippen LogP contribution in [0.15, 0.2) is 48.5 Å². The molecule has 2 rings (SSSR count). The second-order valence-electron chi connectivity index (χ2n) is 5.47. The van der Waals surface area contributed by atoms with E-state index in [1.807, 2.05) is 12.1 Å². The van der Waals surface area contributed by atoms with E-state index in [0.717, 1.165) is 5.56 Å². The molecule has 0 spiro atoms. The Labute approximate surface area is 159 Å². The van der Waals surface area contributed by atoms with Crippen molar-refractivity contribution < 1.29 is 22.6 Å². The first-order valence-electron chi connectivity index (χ1n) is 8.03. The molecule has 2 aromatic carbocycles. The maximum Gasteiger partial charge on any atom is 0.234 e. The molecule has 26 heavy (non-hydrogen) atoms. The zero-order chi connectivity index (χ0) is 18.8. The molecule has 6 nitrogen and oxygen atoms in total. The number of benzene rings is 2.